The molecule has 0 aliphatic carbocycles. The van der Waals surface area contributed by atoms with Crippen molar-refractivity contribution in [3.05, 3.63) is 66.1 Å². The third-order valence-electron chi connectivity index (χ3n) is 7.45. The van der Waals surface area contributed by atoms with Gasteiger partial charge in [-0.1, -0.05) is 6.07 Å². The van der Waals surface area contributed by atoms with E-state index in [9.17, 15) is 14.3 Å². The number of aryl methyl sites for hydroxylation is 1. The predicted molar refractivity (Wildman–Crippen MR) is 148 cm³/mol. The number of halogens is 1. The van der Waals surface area contributed by atoms with E-state index in [0.29, 0.717) is 11.8 Å². The number of nitrogens with zero attached hydrogens (tertiary/aromatic N) is 2. The molecule has 0 amide bonds. The lowest BCUT2D eigenvalue weighted by atomic mass is 9.79. The first kappa shape index (κ1) is 27.4. The highest BCUT2D eigenvalue weighted by atomic mass is 32.2. The van der Waals surface area contributed by atoms with E-state index in [4.69, 9.17) is 4.74 Å². The van der Waals surface area contributed by atoms with Crippen LogP contribution in [-0.4, -0.2) is 53.5 Å². The quantitative estimate of drug-likeness (QED) is 0.199. The summed E-state index contributed by atoms with van der Waals surface area (Å²) in [7, 11) is 1.68. The van der Waals surface area contributed by atoms with E-state index in [1.54, 1.807) is 31.0 Å². The number of pyridine rings is 1. The minimum absolute atomic E-state index is 0.190. The Morgan fingerprint density at radius 1 is 1.16 bits per heavy atom. The van der Waals surface area contributed by atoms with Gasteiger partial charge in [0.05, 0.1) is 12.6 Å². The number of aromatic nitrogens is 1. The number of carboxylic acids is 1. The summed E-state index contributed by atoms with van der Waals surface area (Å²) in [5, 5.41) is 10.5. The van der Waals surface area contributed by atoms with Crippen LogP contribution in [-0.2, 0) is 11.2 Å². The van der Waals surface area contributed by atoms with Gasteiger partial charge < -0.3 is 14.7 Å². The molecule has 198 valence electrons. The first-order chi connectivity index (χ1) is 18.0. The summed E-state index contributed by atoms with van der Waals surface area (Å²) in [6.45, 7) is 3.04. The van der Waals surface area contributed by atoms with Gasteiger partial charge in [-0.05, 0) is 117 Å². The fourth-order valence-corrected chi connectivity index (χ4v) is 6.37. The van der Waals surface area contributed by atoms with Crippen LogP contribution in [0.3, 0.4) is 0 Å². The summed E-state index contributed by atoms with van der Waals surface area (Å²) < 4.78 is 18.8. The van der Waals surface area contributed by atoms with Crippen LogP contribution in [0.2, 0.25) is 0 Å². The van der Waals surface area contributed by atoms with Crippen LogP contribution < -0.4 is 4.74 Å². The smallest absolute Gasteiger partial charge is 0.303 e. The van der Waals surface area contributed by atoms with E-state index in [1.807, 2.05) is 24.4 Å². The van der Waals surface area contributed by atoms with Gasteiger partial charge in [0.15, 0.2) is 0 Å². The van der Waals surface area contributed by atoms with Crippen LogP contribution in [0, 0.1) is 17.7 Å². The Balaban J connectivity index is 1.28. The van der Waals surface area contributed by atoms with E-state index in [0.717, 1.165) is 85.5 Å². The highest BCUT2D eigenvalue weighted by Crippen LogP contribution is 2.32. The number of aliphatic carboxylic acids is 1. The Hall–Kier alpha value is -2.64. The van der Waals surface area contributed by atoms with Crippen LogP contribution in [0.5, 0.6) is 5.75 Å². The van der Waals surface area contributed by atoms with Gasteiger partial charge in [-0.2, -0.15) is 0 Å². The van der Waals surface area contributed by atoms with Gasteiger partial charge >= 0.3 is 5.97 Å². The molecule has 1 aromatic heterocycles. The molecule has 37 heavy (non-hydrogen) atoms. The summed E-state index contributed by atoms with van der Waals surface area (Å²) in [4.78, 5) is 19.3. The van der Waals surface area contributed by atoms with Crippen molar-refractivity contribution in [3.63, 3.8) is 0 Å². The molecular formula is C30H37FN2O3S. The Labute approximate surface area is 223 Å². The maximum absolute atomic E-state index is 13.4. The third-order valence-corrected chi connectivity index (χ3v) is 8.53. The van der Waals surface area contributed by atoms with Crippen molar-refractivity contribution in [2.75, 3.05) is 32.5 Å². The van der Waals surface area contributed by atoms with Crippen LogP contribution in [0.4, 0.5) is 4.39 Å². The second-order valence-corrected chi connectivity index (χ2v) is 11.1. The van der Waals surface area contributed by atoms with E-state index in [1.165, 1.54) is 11.6 Å². The van der Waals surface area contributed by atoms with Gasteiger partial charge in [-0.15, -0.1) is 11.8 Å². The number of benzene rings is 2. The number of carboxylic acid groups (broad SMARTS) is 1. The summed E-state index contributed by atoms with van der Waals surface area (Å²) in [5.74, 6) is 1.87. The van der Waals surface area contributed by atoms with Crippen LogP contribution >= 0.6 is 11.8 Å². The molecule has 1 saturated heterocycles. The van der Waals surface area contributed by atoms with Gasteiger partial charge in [0.2, 0.25) is 0 Å². The molecule has 2 atom stereocenters. The average molecular weight is 525 g/mol. The van der Waals surface area contributed by atoms with Crippen LogP contribution in [0.1, 0.15) is 44.1 Å². The van der Waals surface area contributed by atoms with E-state index in [-0.39, 0.29) is 12.2 Å². The Bertz CT molecular complexity index is 1170. The lowest BCUT2D eigenvalue weighted by molar-refractivity contribution is -0.137. The SMILES string of the molecule is COc1ccc2nccc(CCC[C@@H]3CCN(CCCSc4cccc(F)c4)C[C@@H]3CCC(=O)O)c2c1. The minimum Gasteiger partial charge on any atom is -0.497 e. The molecular weight excluding hydrogens is 487 g/mol. The number of piperidine rings is 1. The van der Waals surface area contributed by atoms with Crippen molar-refractivity contribution < 1.29 is 19.0 Å². The zero-order valence-corrected chi connectivity index (χ0v) is 22.4. The molecule has 1 aliphatic rings. The van der Waals surface area contributed by atoms with Crippen molar-refractivity contribution in [3.8, 4) is 5.75 Å². The normalized spacial score (nSPS) is 18.2. The molecule has 4 rings (SSSR count). The monoisotopic (exact) mass is 524 g/mol. The second kappa shape index (κ2) is 13.8. The molecule has 0 radical (unpaired) electrons. The number of methoxy groups -OCH3 is 1. The number of hydrogen-bond donors (Lipinski definition) is 1. The highest BCUT2D eigenvalue weighted by molar-refractivity contribution is 7.99. The minimum atomic E-state index is -0.709. The first-order valence-electron chi connectivity index (χ1n) is 13.3. The fourth-order valence-electron chi connectivity index (χ4n) is 5.49. The number of rotatable bonds is 13. The number of hydrogen-bond acceptors (Lipinski definition) is 5. The van der Waals surface area contributed by atoms with Crippen LogP contribution in [0.25, 0.3) is 10.9 Å². The Kier molecular flexibility index (Phi) is 10.2. The van der Waals surface area contributed by atoms with E-state index < -0.39 is 5.97 Å². The molecule has 0 bridgehead atoms. The average Bonchev–Trinajstić information content (AvgIpc) is 2.90. The number of thioether (sulfide) groups is 1. The van der Waals surface area contributed by atoms with Crippen LogP contribution in [0.15, 0.2) is 59.6 Å². The van der Waals surface area contributed by atoms with Crippen molar-refractivity contribution in [2.45, 2.75) is 49.8 Å². The lowest BCUT2D eigenvalue weighted by Gasteiger charge is -2.39. The standard InChI is InChI=1S/C30H37FN2O3S/c1-36-26-10-11-29-28(20-26)23(13-15-32-29)6-2-5-22-14-17-33(21-24(22)9-12-30(34)35)16-4-18-37-27-8-3-7-25(31)19-27/h3,7-8,10-11,13,15,19-20,22,24H,2,4-6,9,12,14,16-18,21H2,1H3,(H,34,35)/t22-,24+/m1/s1. The molecule has 5 nitrogen and oxygen atoms in total. The van der Waals surface area contributed by atoms with Crippen molar-refractivity contribution in [1.29, 1.82) is 0 Å². The predicted octanol–water partition coefficient (Wildman–Crippen LogP) is 6.69. The van der Waals surface area contributed by atoms with Crippen molar-refractivity contribution in [2.24, 2.45) is 11.8 Å². The molecule has 7 heteroatoms. The molecule has 3 aromatic rings. The van der Waals surface area contributed by atoms with Gasteiger partial charge in [0.25, 0.3) is 0 Å². The van der Waals surface area contributed by atoms with Gasteiger partial charge in [-0.3, -0.25) is 9.78 Å². The van der Waals surface area contributed by atoms with Crippen molar-refractivity contribution >= 4 is 28.6 Å². The zero-order valence-electron chi connectivity index (χ0n) is 21.6. The maximum Gasteiger partial charge on any atom is 0.303 e. The maximum atomic E-state index is 13.4. The third kappa shape index (κ3) is 8.17. The molecule has 1 N–H and O–H groups in total. The van der Waals surface area contributed by atoms with E-state index in [2.05, 4.69) is 22.0 Å². The number of likely N-dealkylation sites (tertiary alicyclic amines) is 1. The molecule has 0 unspecified atom stereocenters. The lowest BCUT2D eigenvalue weighted by Crippen LogP contribution is -2.41. The van der Waals surface area contributed by atoms with Gasteiger partial charge in [-0.25, -0.2) is 4.39 Å². The molecule has 1 fully saturated rings. The molecule has 0 saturated carbocycles. The number of carbonyl (C=O) groups is 1. The number of fused-ring (bicyclic) bond motifs is 1. The highest BCUT2D eigenvalue weighted by Gasteiger charge is 2.29. The summed E-state index contributed by atoms with van der Waals surface area (Å²) in [5.41, 5.74) is 2.28. The van der Waals surface area contributed by atoms with Gasteiger partial charge in [0.1, 0.15) is 11.6 Å². The van der Waals surface area contributed by atoms with E-state index >= 15 is 0 Å². The molecule has 1 aliphatic heterocycles. The zero-order chi connectivity index (χ0) is 26.0. The topological polar surface area (TPSA) is 62.7 Å². The molecule has 2 aromatic carbocycles. The second-order valence-electron chi connectivity index (χ2n) is 9.95. The molecule has 2 heterocycles. The molecule has 0 spiro atoms. The summed E-state index contributed by atoms with van der Waals surface area (Å²) >= 11 is 1.69. The fraction of sp³-hybridized carbons (Fsp3) is 0.467. The first-order valence-corrected chi connectivity index (χ1v) is 14.2. The Morgan fingerprint density at radius 3 is 2.86 bits per heavy atom. The summed E-state index contributed by atoms with van der Waals surface area (Å²) in [6, 6.07) is 14.9. The summed E-state index contributed by atoms with van der Waals surface area (Å²) in [6.07, 6.45) is 8.18. The Morgan fingerprint density at radius 2 is 2.05 bits per heavy atom. The van der Waals surface area contributed by atoms with Gasteiger partial charge in [0, 0.05) is 29.4 Å². The van der Waals surface area contributed by atoms with Crippen molar-refractivity contribution in [1.82, 2.24) is 9.88 Å². The number of ether oxygens (including phenoxy) is 1. The largest absolute Gasteiger partial charge is 0.497 e.